The van der Waals surface area contributed by atoms with Gasteiger partial charge in [0.1, 0.15) is 42.7 Å². The first kappa shape index (κ1) is 39.8. The van der Waals surface area contributed by atoms with E-state index in [0.717, 1.165) is 57.8 Å². The van der Waals surface area contributed by atoms with Crippen molar-refractivity contribution in [3.8, 4) is 0 Å². The van der Waals surface area contributed by atoms with Crippen molar-refractivity contribution in [1.29, 1.82) is 0 Å². The second-order valence-corrected chi connectivity index (χ2v) is 12.5. The fourth-order valence-electron chi connectivity index (χ4n) is 5.70. The van der Waals surface area contributed by atoms with Gasteiger partial charge in [0.25, 0.3) is 0 Å². The monoisotopic (exact) mass is 649 g/mol. The summed E-state index contributed by atoms with van der Waals surface area (Å²) in [5.41, 5.74) is 0. The van der Waals surface area contributed by atoms with Crippen LogP contribution in [0.2, 0.25) is 0 Å². The van der Waals surface area contributed by atoms with Crippen LogP contribution in [0.15, 0.2) is 0 Å². The maximum absolute atomic E-state index is 13.1. The molecule has 0 spiro atoms. The number of hydrogen-bond acceptors (Lipinski definition) is 13. The molecule has 2 fully saturated rings. The summed E-state index contributed by atoms with van der Waals surface area (Å²) in [4.78, 5) is 24.4. The van der Waals surface area contributed by atoms with Crippen molar-refractivity contribution in [3.05, 3.63) is 0 Å². The molecule has 12 atom stereocenters. The Balaban J connectivity index is 2.16. The van der Waals surface area contributed by atoms with E-state index in [0.29, 0.717) is 19.3 Å². The van der Waals surface area contributed by atoms with Crippen molar-refractivity contribution < 1.29 is 63.9 Å². The highest BCUT2D eigenvalue weighted by Gasteiger charge is 2.50. The SMILES string of the molecule is CCCCCCC[C@H](CC(=O)[O-])OC(=O)C[C@@H](CCCCCCC)OC1OC(C)C(O)C(O)C1OC1OC(C)C(O)C(O)C1O. The third kappa shape index (κ3) is 13.3. The van der Waals surface area contributed by atoms with Gasteiger partial charge in [0.15, 0.2) is 12.6 Å². The van der Waals surface area contributed by atoms with E-state index in [2.05, 4.69) is 13.8 Å². The van der Waals surface area contributed by atoms with Gasteiger partial charge in [-0.3, -0.25) is 4.79 Å². The van der Waals surface area contributed by atoms with E-state index < -0.39 is 92.0 Å². The van der Waals surface area contributed by atoms with Gasteiger partial charge >= 0.3 is 5.97 Å². The molecule has 2 saturated heterocycles. The molecule has 0 saturated carbocycles. The Kier molecular flexibility index (Phi) is 18.3. The molecule has 0 radical (unpaired) electrons. The summed E-state index contributed by atoms with van der Waals surface area (Å²) < 4.78 is 29.0. The molecule has 5 N–H and O–H groups in total. The quantitative estimate of drug-likeness (QED) is 0.0877. The summed E-state index contributed by atoms with van der Waals surface area (Å²) in [6.07, 6.45) is -5.51. The highest BCUT2D eigenvalue weighted by Crippen LogP contribution is 2.31. The Bertz CT molecular complexity index is 844. The van der Waals surface area contributed by atoms with Crippen LogP contribution in [0.5, 0.6) is 0 Å². The van der Waals surface area contributed by atoms with Crippen LogP contribution in [-0.2, 0) is 33.3 Å². The van der Waals surface area contributed by atoms with Crippen LogP contribution in [0.3, 0.4) is 0 Å². The minimum atomic E-state index is -1.67. The number of hydrogen-bond donors (Lipinski definition) is 5. The predicted molar refractivity (Wildman–Crippen MR) is 159 cm³/mol. The van der Waals surface area contributed by atoms with Crippen LogP contribution in [0, 0.1) is 0 Å². The molecule has 0 aromatic carbocycles. The van der Waals surface area contributed by atoms with E-state index in [9.17, 15) is 40.2 Å². The number of carbonyl (C=O) groups is 2. The van der Waals surface area contributed by atoms with Crippen molar-refractivity contribution in [3.63, 3.8) is 0 Å². The minimum absolute atomic E-state index is 0.225. The number of carboxylic acids is 1. The Morgan fingerprint density at radius 3 is 1.73 bits per heavy atom. The fourth-order valence-corrected chi connectivity index (χ4v) is 5.70. The molecule has 0 amide bonds. The number of esters is 1. The molecule has 0 aromatic heterocycles. The lowest BCUT2D eigenvalue weighted by Crippen LogP contribution is -2.63. The van der Waals surface area contributed by atoms with Gasteiger partial charge in [-0.1, -0.05) is 71.6 Å². The number of aliphatic carboxylic acids is 1. The predicted octanol–water partition coefficient (Wildman–Crippen LogP) is 1.21. The molecule has 10 unspecified atom stereocenters. The Labute approximate surface area is 267 Å². The molecule has 0 aromatic rings. The third-order valence-corrected chi connectivity index (χ3v) is 8.56. The van der Waals surface area contributed by atoms with Gasteiger partial charge in [0.2, 0.25) is 0 Å². The third-order valence-electron chi connectivity index (χ3n) is 8.56. The van der Waals surface area contributed by atoms with Gasteiger partial charge in [-0.25, -0.2) is 0 Å². The normalized spacial score (nSPS) is 33.4. The van der Waals surface area contributed by atoms with E-state index in [-0.39, 0.29) is 6.42 Å². The maximum Gasteiger partial charge on any atom is 0.308 e. The molecule has 0 aliphatic carbocycles. The second kappa shape index (κ2) is 20.7. The zero-order chi connectivity index (χ0) is 33.5. The van der Waals surface area contributed by atoms with Gasteiger partial charge in [0.05, 0.1) is 24.7 Å². The van der Waals surface area contributed by atoms with E-state index in [1.165, 1.54) is 13.8 Å². The summed E-state index contributed by atoms with van der Waals surface area (Å²) in [6.45, 7) is 7.22. The molecule has 2 rings (SSSR count). The maximum atomic E-state index is 13.1. The average molecular weight is 650 g/mol. The van der Waals surface area contributed by atoms with Gasteiger partial charge in [-0.15, -0.1) is 0 Å². The molecule has 264 valence electrons. The fraction of sp³-hybridized carbons (Fsp3) is 0.938. The van der Waals surface area contributed by atoms with Crippen LogP contribution in [0.4, 0.5) is 0 Å². The lowest BCUT2D eigenvalue weighted by atomic mass is 9.97. The van der Waals surface area contributed by atoms with E-state index in [1.807, 2.05) is 0 Å². The Morgan fingerprint density at radius 1 is 0.667 bits per heavy atom. The van der Waals surface area contributed by atoms with Crippen molar-refractivity contribution in [2.24, 2.45) is 0 Å². The number of aliphatic hydroxyl groups is 5. The zero-order valence-corrected chi connectivity index (χ0v) is 27.3. The van der Waals surface area contributed by atoms with Crippen LogP contribution in [-0.4, -0.2) is 111 Å². The molecule has 2 aliphatic heterocycles. The van der Waals surface area contributed by atoms with Crippen molar-refractivity contribution >= 4 is 11.9 Å². The summed E-state index contributed by atoms with van der Waals surface area (Å²) in [5.74, 6) is -1.95. The van der Waals surface area contributed by atoms with Gasteiger partial charge in [-0.2, -0.15) is 0 Å². The number of carboxylic acid groups (broad SMARTS) is 1. The average Bonchev–Trinajstić information content (AvgIpc) is 2.98. The first-order chi connectivity index (χ1) is 21.4. The standard InChI is InChI=1S/C32H58O13/c1-5-7-9-11-13-15-21(17-23(33)34)43-24(35)18-22(16-14-12-10-8-6-2)44-32-30(28(39)26(37)20(4)42-32)45-31-29(40)27(38)25(36)19(3)41-31/h19-22,25-32,36-40H,5-18H2,1-4H3,(H,33,34)/p-1/t19?,20?,21-,22-,25?,26?,27?,28?,29?,30?,31?,32?/m1/s1. The number of ether oxygens (including phenoxy) is 5. The summed E-state index contributed by atoms with van der Waals surface area (Å²) >= 11 is 0. The van der Waals surface area contributed by atoms with Gasteiger partial charge < -0.3 is 59.1 Å². The Morgan fingerprint density at radius 2 is 1.18 bits per heavy atom. The first-order valence-corrected chi connectivity index (χ1v) is 16.8. The molecule has 2 aliphatic rings. The van der Waals surface area contributed by atoms with E-state index >= 15 is 0 Å². The van der Waals surface area contributed by atoms with E-state index in [1.54, 1.807) is 0 Å². The smallest absolute Gasteiger partial charge is 0.308 e. The summed E-state index contributed by atoms with van der Waals surface area (Å²) in [7, 11) is 0. The highest BCUT2D eigenvalue weighted by molar-refractivity contribution is 5.71. The Hall–Kier alpha value is -1.42. The van der Waals surface area contributed by atoms with Crippen LogP contribution in [0.1, 0.15) is 118 Å². The summed E-state index contributed by atoms with van der Waals surface area (Å²) in [6, 6.07) is 0. The lowest BCUT2D eigenvalue weighted by molar-refractivity contribution is -0.366. The number of carbonyl (C=O) groups excluding carboxylic acids is 2. The zero-order valence-electron chi connectivity index (χ0n) is 27.3. The van der Waals surface area contributed by atoms with Crippen molar-refractivity contribution in [1.82, 2.24) is 0 Å². The lowest BCUT2D eigenvalue weighted by Gasteiger charge is -2.46. The second-order valence-electron chi connectivity index (χ2n) is 12.5. The van der Waals surface area contributed by atoms with E-state index in [4.69, 9.17) is 23.7 Å². The van der Waals surface area contributed by atoms with Crippen molar-refractivity contribution in [2.75, 3.05) is 0 Å². The number of aliphatic hydroxyl groups excluding tert-OH is 5. The minimum Gasteiger partial charge on any atom is -0.550 e. The molecular weight excluding hydrogens is 592 g/mol. The molecule has 45 heavy (non-hydrogen) atoms. The first-order valence-electron chi connectivity index (χ1n) is 16.8. The molecular formula is C32H57O13-. The summed E-state index contributed by atoms with van der Waals surface area (Å²) in [5, 5.41) is 63.6. The molecule has 13 nitrogen and oxygen atoms in total. The van der Waals surface area contributed by atoms with Crippen molar-refractivity contribution in [2.45, 2.75) is 191 Å². The number of unbranched alkanes of at least 4 members (excludes halogenated alkanes) is 8. The van der Waals surface area contributed by atoms with Gasteiger partial charge in [0, 0.05) is 12.4 Å². The molecule has 13 heteroatoms. The topological polar surface area (TPSA) is 204 Å². The van der Waals surface area contributed by atoms with Crippen LogP contribution >= 0.6 is 0 Å². The molecule has 2 heterocycles. The number of rotatable bonds is 21. The molecule has 0 bridgehead atoms. The van der Waals surface area contributed by atoms with Crippen LogP contribution in [0.25, 0.3) is 0 Å². The largest absolute Gasteiger partial charge is 0.550 e. The van der Waals surface area contributed by atoms with Gasteiger partial charge in [-0.05, 0) is 33.1 Å². The van der Waals surface area contributed by atoms with Crippen LogP contribution < -0.4 is 5.11 Å². The highest BCUT2D eigenvalue weighted by atomic mass is 16.8.